The number of hydrogen-bond acceptors (Lipinski definition) is 2. The van der Waals surface area contributed by atoms with Gasteiger partial charge in [0.2, 0.25) is 0 Å². The van der Waals surface area contributed by atoms with Crippen molar-refractivity contribution in [3.8, 4) is 0 Å². The van der Waals surface area contributed by atoms with E-state index in [4.69, 9.17) is 0 Å². The van der Waals surface area contributed by atoms with Crippen LogP contribution in [0.2, 0.25) is 0 Å². The lowest BCUT2D eigenvalue weighted by atomic mass is 10.0. The molecule has 0 heterocycles. The van der Waals surface area contributed by atoms with Crippen LogP contribution in [0.25, 0.3) is 0 Å². The predicted octanol–water partition coefficient (Wildman–Crippen LogP) is 3.48. The average Bonchev–Trinajstić information content (AvgIpc) is 3.00. The van der Waals surface area contributed by atoms with Crippen LogP contribution in [0.3, 0.4) is 0 Å². The van der Waals surface area contributed by atoms with E-state index in [2.05, 4.69) is 13.5 Å². The zero-order chi connectivity index (χ0) is 12.4. The Morgan fingerprint density at radius 1 is 1.38 bits per heavy atom. The maximum Gasteiger partial charge on any atom is 0.161 e. The molecule has 1 saturated carbocycles. The summed E-state index contributed by atoms with van der Waals surface area (Å²) < 4.78 is 24.4. The Balaban J connectivity index is 3.04. The van der Waals surface area contributed by atoms with Crippen LogP contribution in [0.1, 0.15) is 59.3 Å². The molecule has 0 aliphatic heterocycles. The summed E-state index contributed by atoms with van der Waals surface area (Å²) in [7, 11) is -3.03. The molecule has 94 valence electrons. The number of sulfone groups is 1. The second kappa shape index (κ2) is 4.52. The molecule has 2 nitrogen and oxygen atoms in total. The average molecular weight is 244 g/mol. The first-order valence-electron chi connectivity index (χ1n) is 6.24. The van der Waals surface area contributed by atoms with E-state index >= 15 is 0 Å². The fraction of sp³-hybridized carbons (Fsp3) is 0.846. The molecule has 1 aliphatic rings. The summed E-state index contributed by atoms with van der Waals surface area (Å²) in [6.45, 7) is 9.64. The van der Waals surface area contributed by atoms with Crippen molar-refractivity contribution in [2.75, 3.05) is 0 Å². The highest BCUT2D eigenvalue weighted by molar-refractivity contribution is 7.94. The second-order valence-electron chi connectivity index (χ2n) is 5.23. The summed E-state index contributed by atoms with van der Waals surface area (Å²) in [5.41, 5.74) is 0. The Kier molecular flexibility index (Phi) is 3.88. The highest BCUT2D eigenvalue weighted by Gasteiger charge is 2.59. The maximum absolute atomic E-state index is 12.7. The van der Waals surface area contributed by atoms with Gasteiger partial charge in [-0.05, 0) is 39.0 Å². The molecule has 0 radical (unpaired) electrons. The normalized spacial score (nSPS) is 22.4. The first-order valence-corrected chi connectivity index (χ1v) is 7.72. The van der Waals surface area contributed by atoms with Gasteiger partial charge in [0.25, 0.3) is 0 Å². The summed E-state index contributed by atoms with van der Waals surface area (Å²) in [4.78, 5) is 0. The molecule has 0 spiro atoms. The van der Waals surface area contributed by atoms with E-state index in [9.17, 15) is 8.42 Å². The minimum atomic E-state index is -3.03. The van der Waals surface area contributed by atoms with Crippen LogP contribution in [0.15, 0.2) is 12.7 Å². The lowest BCUT2D eigenvalue weighted by Gasteiger charge is -2.32. The Hall–Kier alpha value is -0.310. The summed E-state index contributed by atoms with van der Waals surface area (Å²) >= 11 is 0. The Morgan fingerprint density at radius 3 is 2.25 bits per heavy atom. The van der Waals surface area contributed by atoms with Crippen LogP contribution >= 0.6 is 0 Å². The Labute approximate surface area is 100 Å². The predicted molar refractivity (Wildman–Crippen MR) is 69.3 cm³/mol. The molecule has 1 atom stereocenters. The molecule has 0 N–H and O–H groups in total. The standard InChI is InChI=1S/C13H24O2S/c1-5-8-12(4,7-3)16(14,15)13(9-6-2)10-11-13/h6H,2,5,7-11H2,1,3-4H3. The first-order chi connectivity index (χ1) is 7.39. The van der Waals surface area contributed by atoms with Gasteiger partial charge in [-0.2, -0.15) is 0 Å². The quantitative estimate of drug-likeness (QED) is 0.643. The highest BCUT2D eigenvalue weighted by atomic mass is 32.2. The summed E-state index contributed by atoms with van der Waals surface area (Å²) in [5, 5.41) is 0. The van der Waals surface area contributed by atoms with Crippen LogP contribution in [-0.4, -0.2) is 17.9 Å². The number of allylic oxidation sites excluding steroid dienone is 1. The third-order valence-corrected chi connectivity index (χ3v) is 7.57. The lowest BCUT2D eigenvalue weighted by molar-refractivity contribution is 0.475. The molecule has 1 unspecified atom stereocenters. The van der Waals surface area contributed by atoms with Crippen molar-refractivity contribution >= 4 is 9.84 Å². The van der Waals surface area contributed by atoms with E-state index in [1.165, 1.54) is 0 Å². The molecule has 1 rings (SSSR count). The molecule has 16 heavy (non-hydrogen) atoms. The van der Waals surface area contributed by atoms with Gasteiger partial charge < -0.3 is 0 Å². The van der Waals surface area contributed by atoms with Crippen LogP contribution in [0.5, 0.6) is 0 Å². The molecule has 3 heteroatoms. The number of hydrogen-bond donors (Lipinski definition) is 0. The molecule has 0 amide bonds. The maximum atomic E-state index is 12.7. The SMILES string of the molecule is C=CCC1(S(=O)(=O)C(C)(CC)CCC)CC1. The van der Waals surface area contributed by atoms with E-state index in [-0.39, 0.29) is 0 Å². The van der Waals surface area contributed by atoms with Crippen molar-refractivity contribution in [3.05, 3.63) is 12.7 Å². The molecule has 0 saturated heterocycles. The largest absolute Gasteiger partial charge is 0.228 e. The van der Waals surface area contributed by atoms with Gasteiger partial charge in [-0.1, -0.05) is 26.3 Å². The van der Waals surface area contributed by atoms with Crippen LogP contribution in [0, 0.1) is 0 Å². The lowest BCUT2D eigenvalue weighted by Crippen LogP contribution is -2.43. The van der Waals surface area contributed by atoms with E-state index in [1.54, 1.807) is 6.08 Å². The van der Waals surface area contributed by atoms with Gasteiger partial charge >= 0.3 is 0 Å². The fourth-order valence-corrected chi connectivity index (χ4v) is 5.41. The minimum Gasteiger partial charge on any atom is -0.228 e. The van der Waals surface area contributed by atoms with Gasteiger partial charge in [-0.3, -0.25) is 0 Å². The van der Waals surface area contributed by atoms with E-state index in [0.29, 0.717) is 12.8 Å². The van der Waals surface area contributed by atoms with Crippen molar-refractivity contribution < 1.29 is 8.42 Å². The van der Waals surface area contributed by atoms with Crippen molar-refractivity contribution in [1.82, 2.24) is 0 Å². The van der Waals surface area contributed by atoms with Crippen LogP contribution < -0.4 is 0 Å². The molecular weight excluding hydrogens is 220 g/mol. The third kappa shape index (κ3) is 1.94. The van der Waals surface area contributed by atoms with Gasteiger partial charge in [0, 0.05) is 0 Å². The van der Waals surface area contributed by atoms with E-state index in [1.807, 2.05) is 13.8 Å². The van der Waals surface area contributed by atoms with E-state index < -0.39 is 19.3 Å². The van der Waals surface area contributed by atoms with Crippen molar-refractivity contribution in [3.63, 3.8) is 0 Å². The monoisotopic (exact) mass is 244 g/mol. The van der Waals surface area contributed by atoms with Gasteiger partial charge in [0.1, 0.15) is 0 Å². The van der Waals surface area contributed by atoms with Gasteiger partial charge in [0.05, 0.1) is 9.49 Å². The summed E-state index contributed by atoms with van der Waals surface area (Å²) in [6, 6.07) is 0. The topological polar surface area (TPSA) is 34.1 Å². The van der Waals surface area contributed by atoms with Crippen molar-refractivity contribution in [1.29, 1.82) is 0 Å². The van der Waals surface area contributed by atoms with Gasteiger partial charge in [0.15, 0.2) is 9.84 Å². The Bertz CT molecular complexity index is 352. The second-order valence-corrected chi connectivity index (χ2v) is 8.09. The first kappa shape index (κ1) is 13.8. The van der Waals surface area contributed by atoms with E-state index in [0.717, 1.165) is 25.7 Å². The zero-order valence-corrected chi connectivity index (χ0v) is 11.6. The number of rotatable bonds is 7. The van der Waals surface area contributed by atoms with Crippen LogP contribution in [-0.2, 0) is 9.84 Å². The third-order valence-electron chi connectivity index (χ3n) is 4.07. The summed E-state index contributed by atoms with van der Waals surface area (Å²) in [6.07, 6.45) is 6.42. The zero-order valence-electron chi connectivity index (χ0n) is 10.8. The molecule has 0 aromatic heterocycles. The fourth-order valence-electron chi connectivity index (χ4n) is 2.54. The molecule has 0 aromatic rings. The molecule has 0 bridgehead atoms. The highest BCUT2D eigenvalue weighted by Crippen LogP contribution is 2.52. The molecule has 1 aliphatic carbocycles. The molecule has 0 aromatic carbocycles. The van der Waals surface area contributed by atoms with Crippen molar-refractivity contribution in [2.45, 2.75) is 68.8 Å². The molecular formula is C13H24O2S. The smallest absolute Gasteiger partial charge is 0.161 e. The molecule has 1 fully saturated rings. The Morgan fingerprint density at radius 2 is 1.94 bits per heavy atom. The van der Waals surface area contributed by atoms with Crippen molar-refractivity contribution in [2.24, 2.45) is 0 Å². The van der Waals surface area contributed by atoms with Gasteiger partial charge in [-0.25, -0.2) is 8.42 Å². The summed E-state index contributed by atoms with van der Waals surface area (Å²) in [5.74, 6) is 0. The van der Waals surface area contributed by atoms with Crippen LogP contribution in [0.4, 0.5) is 0 Å². The van der Waals surface area contributed by atoms with Gasteiger partial charge in [-0.15, -0.1) is 6.58 Å². The minimum absolute atomic E-state index is 0.464.